The zero-order valence-electron chi connectivity index (χ0n) is 28.6. The molecule has 0 spiro atoms. The molecule has 8 bridgehead atoms. The van der Waals surface area contributed by atoms with Gasteiger partial charge in [0.05, 0.1) is 36.8 Å². The van der Waals surface area contributed by atoms with Gasteiger partial charge in [-0.15, -0.1) is 0 Å². The van der Waals surface area contributed by atoms with Crippen molar-refractivity contribution in [2.45, 2.75) is 71.6 Å². The average Bonchev–Trinajstić information content (AvgIpc) is 3.70. The molecule has 1 atom stereocenters. The molecule has 1 N–H and O–H groups in total. The number of hydrogen-bond donors (Lipinski definition) is 1. The van der Waals surface area contributed by atoms with Crippen LogP contribution in [-0.2, 0) is 49.7 Å². The van der Waals surface area contributed by atoms with Gasteiger partial charge in [-0.25, -0.2) is 9.18 Å². The van der Waals surface area contributed by atoms with Gasteiger partial charge in [-0.05, 0) is 112 Å². The second kappa shape index (κ2) is 12.3. The lowest BCUT2D eigenvalue weighted by molar-refractivity contribution is -0.0719. The predicted octanol–water partition coefficient (Wildman–Crippen LogP) is 7.94. The molecule has 0 radical (unpaired) electrons. The number of halogens is 2. The Morgan fingerprint density at radius 3 is 2.66 bits per heavy atom. The van der Waals surface area contributed by atoms with Gasteiger partial charge in [-0.2, -0.15) is 10.2 Å². The van der Waals surface area contributed by atoms with Gasteiger partial charge in [0.2, 0.25) is 0 Å². The van der Waals surface area contributed by atoms with Crippen LogP contribution < -0.4 is 4.74 Å². The standard InChI is InChI=1S/C39H39ClFN5O4/c1-22-33-31-11-10-30(40)35(33)34-23(2)42-46-15-17-50-39(3,37(34)46)13-12-27-21-28(44(4)43-27)8-6-24-18-25-20-26(41)7-9-29(25)32(19-24)49-16-5-14-45(31)36(22)38(47)48/h7,9-11,18-21H,5-6,8,12-17H2,1-4H3,(H,47,48)/t39-/m0/s1. The van der Waals surface area contributed by atoms with Gasteiger partial charge in [-0.3, -0.25) is 9.36 Å². The molecule has 11 heteroatoms. The fourth-order valence-corrected chi connectivity index (χ4v) is 8.41. The summed E-state index contributed by atoms with van der Waals surface area (Å²) in [7, 11) is 1.97. The topological polar surface area (TPSA) is 96.3 Å². The van der Waals surface area contributed by atoms with Gasteiger partial charge in [0, 0.05) is 51.7 Å². The molecule has 0 unspecified atom stereocenters. The van der Waals surface area contributed by atoms with Crippen LogP contribution in [-0.4, -0.2) is 48.4 Å². The third-order valence-corrected chi connectivity index (χ3v) is 10.8. The van der Waals surface area contributed by atoms with E-state index in [1.807, 2.05) is 59.1 Å². The van der Waals surface area contributed by atoms with Crippen LogP contribution in [0.3, 0.4) is 0 Å². The fourth-order valence-electron chi connectivity index (χ4n) is 8.16. The molecule has 0 amide bonds. The Labute approximate surface area is 294 Å². The molecule has 8 rings (SSSR count). The van der Waals surface area contributed by atoms with Crippen LogP contribution in [0.1, 0.15) is 64.2 Å². The molecule has 2 aliphatic rings. The SMILES string of the molecule is Cc1nn2c3c1-c1c(Cl)ccc4c1c(C)c(C(=O)O)n4CCCOc1cc(cc4cc(F)ccc14)CCc1cc(nn1C)CC[C@]3(C)OCC2. The Kier molecular flexibility index (Phi) is 7.99. The third-order valence-electron chi connectivity index (χ3n) is 10.5. The Bertz CT molecular complexity index is 2340. The number of rotatable bonds is 1. The molecule has 50 heavy (non-hydrogen) atoms. The summed E-state index contributed by atoms with van der Waals surface area (Å²) in [5, 5.41) is 23.3. The number of carbonyl (C=O) groups is 1. The highest BCUT2D eigenvalue weighted by Gasteiger charge is 2.40. The highest BCUT2D eigenvalue weighted by Crippen LogP contribution is 2.47. The molecule has 3 aromatic carbocycles. The molecule has 0 saturated heterocycles. The van der Waals surface area contributed by atoms with E-state index >= 15 is 0 Å². The number of carboxylic acid groups (broad SMARTS) is 1. The van der Waals surface area contributed by atoms with Crippen molar-refractivity contribution in [1.82, 2.24) is 24.1 Å². The van der Waals surface area contributed by atoms with Crippen LogP contribution in [0.4, 0.5) is 4.39 Å². The maximum atomic E-state index is 14.4. The largest absolute Gasteiger partial charge is 0.493 e. The molecule has 2 aliphatic heterocycles. The number of benzene rings is 3. The minimum Gasteiger partial charge on any atom is -0.493 e. The van der Waals surface area contributed by atoms with E-state index in [1.54, 1.807) is 12.1 Å². The summed E-state index contributed by atoms with van der Waals surface area (Å²) in [6.07, 6.45) is 3.36. The van der Waals surface area contributed by atoms with Gasteiger partial charge in [-0.1, -0.05) is 17.7 Å². The number of fused-ring (bicyclic) bond motifs is 7. The molecular formula is C39H39ClFN5O4. The minimum absolute atomic E-state index is 0.220. The number of aryl methyl sites for hydroxylation is 7. The van der Waals surface area contributed by atoms with Gasteiger partial charge < -0.3 is 19.1 Å². The summed E-state index contributed by atoms with van der Waals surface area (Å²) < 4.78 is 33.2. The average molecular weight is 696 g/mol. The van der Waals surface area contributed by atoms with Crippen LogP contribution in [0, 0.1) is 19.7 Å². The van der Waals surface area contributed by atoms with E-state index < -0.39 is 11.6 Å². The van der Waals surface area contributed by atoms with E-state index in [9.17, 15) is 14.3 Å². The summed E-state index contributed by atoms with van der Waals surface area (Å²) in [6.45, 7) is 7.82. The molecule has 3 aromatic heterocycles. The number of nitrogens with zero attached hydrogens (tertiary/aromatic N) is 5. The molecule has 0 aliphatic carbocycles. The third kappa shape index (κ3) is 5.36. The van der Waals surface area contributed by atoms with Crippen molar-refractivity contribution in [3.63, 3.8) is 0 Å². The summed E-state index contributed by atoms with van der Waals surface area (Å²) in [5.74, 6) is -0.626. The number of aromatic carboxylic acids is 1. The Hall–Kier alpha value is -4.67. The second-order valence-electron chi connectivity index (χ2n) is 13.8. The zero-order valence-corrected chi connectivity index (χ0v) is 29.4. The zero-order chi connectivity index (χ0) is 34.9. The molecular weight excluding hydrogens is 657 g/mol. The summed E-state index contributed by atoms with van der Waals surface area (Å²) in [6, 6.07) is 14.7. The van der Waals surface area contributed by atoms with Crippen LogP contribution in [0.15, 0.2) is 48.5 Å². The first kappa shape index (κ1) is 32.5. The van der Waals surface area contributed by atoms with Crippen molar-refractivity contribution < 1.29 is 23.8 Å². The lowest BCUT2D eigenvalue weighted by Gasteiger charge is -2.36. The van der Waals surface area contributed by atoms with Crippen molar-refractivity contribution in [3.05, 3.63) is 99.0 Å². The molecule has 6 aromatic rings. The summed E-state index contributed by atoms with van der Waals surface area (Å²) >= 11 is 7.09. The van der Waals surface area contributed by atoms with E-state index in [2.05, 4.69) is 13.0 Å². The van der Waals surface area contributed by atoms with E-state index in [1.165, 1.54) is 6.07 Å². The number of carboxylic acids is 1. The highest BCUT2D eigenvalue weighted by atomic mass is 35.5. The summed E-state index contributed by atoms with van der Waals surface area (Å²) in [4.78, 5) is 12.9. The smallest absolute Gasteiger partial charge is 0.352 e. The second-order valence-corrected chi connectivity index (χ2v) is 14.2. The van der Waals surface area contributed by atoms with Crippen molar-refractivity contribution >= 4 is 39.2 Å². The summed E-state index contributed by atoms with van der Waals surface area (Å²) in [5.41, 5.74) is 7.49. The highest BCUT2D eigenvalue weighted by molar-refractivity contribution is 6.35. The van der Waals surface area contributed by atoms with Crippen LogP contribution in [0.25, 0.3) is 32.8 Å². The minimum atomic E-state index is -1.01. The Morgan fingerprint density at radius 2 is 1.84 bits per heavy atom. The van der Waals surface area contributed by atoms with Crippen molar-refractivity contribution in [2.24, 2.45) is 7.05 Å². The number of hydrogen-bond acceptors (Lipinski definition) is 5. The van der Waals surface area contributed by atoms with Crippen molar-refractivity contribution in [1.29, 1.82) is 0 Å². The van der Waals surface area contributed by atoms with Crippen LogP contribution in [0.2, 0.25) is 5.02 Å². The predicted molar refractivity (Wildman–Crippen MR) is 191 cm³/mol. The molecule has 0 saturated carbocycles. The van der Waals surface area contributed by atoms with Crippen LogP contribution >= 0.6 is 11.6 Å². The first-order valence-electron chi connectivity index (χ1n) is 17.2. The quantitative estimate of drug-likeness (QED) is 0.188. The number of ether oxygens (including phenoxy) is 2. The van der Waals surface area contributed by atoms with E-state index in [0.717, 1.165) is 74.0 Å². The maximum absolute atomic E-state index is 14.4. The lowest BCUT2D eigenvalue weighted by atomic mass is 9.86. The first-order chi connectivity index (χ1) is 24.0. The molecule has 9 nitrogen and oxygen atoms in total. The fraction of sp³-hybridized carbons (Fsp3) is 0.359. The van der Waals surface area contributed by atoms with Crippen molar-refractivity contribution in [3.8, 4) is 16.9 Å². The Balaban J connectivity index is 1.30. The molecule has 0 fully saturated rings. The van der Waals surface area contributed by atoms with Gasteiger partial charge in [0.15, 0.2) is 0 Å². The van der Waals surface area contributed by atoms with E-state index in [4.69, 9.17) is 31.3 Å². The normalized spacial score (nSPS) is 18.2. The molecule has 258 valence electrons. The van der Waals surface area contributed by atoms with Crippen molar-refractivity contribution in [2.75, 3.05) is 13.2 Å². The van der Waals surface area contributed by atoms with E-state index in [-0.39, 0.29) is 11.5 Å². The lowest BCUT2D eigenvalue weighted by Crippen LogP contribution is -2.37. The Morgan fingerprint density at radius 1 is 1.00 bits per heavy atom. The number of aromatic nitrogens is 5. The first-order valence-corrected chi connectivity index (χ1v) is 17.5. The maximum Gasteiger partial charge on any atom is 0.352 e. The van der Waals surface area contributed by atoms with Gasteiger partial charge in [0.1, 0.15) is 22.9 Å². The molecule has 5 heterocycles. The van der Waals surface area contributed by atoms with Gasteiger partial charge >= 0.3 is 5.97 Å². The van der Waals surface area contributed by atoms with E-state index in [0.29, 0.717) is 61.9 Å². The van der Waals surface area contributed by atoms with Crippen LogP contribution in [0.5, 0.6) is 5.75 Å². The monoisotopic (exact) mass is 695 g/mol. The van der Waals surface area contributed by atoms with Gasteiger partial charge in [0.25, 0.3) is 0 Å².